The van der Waals surface area contributed by atoms with E-state index >= 15 is 0 Å². The molecule has 2 nitrogen and oxygen atoms in total. The van der Waals surface area contributed by atoms with Crippen molar-refractivity contribution >= 4 is 15.9 Å². The first-order valence-corrected chi connectivity index (χ1v) is 6.43. The van der Waals surface area contributed by atoms with Crippen LogP contribution in [-0.4, -0.2) is 11.0 Å². The summed E-state index contributed by atoms with van der Waals surface area (Å²) in [5.41, 5.74) is 8.60. The molecule has 3 heteroatoms. The predicted octanol–water partition coefficient (Wildman–Crippen LogP) is 2.96. The zero-order valence-corrected chi connectivity index (χ0v) is 11.1. The fraction of sp³-hybridized carbons (Fsp3) is 0.214. The van der Waals surface area contributed by atoms with Gasteiger partial charge in [-0.2, -0.15) is 0 Å². The van der Waals surface area contributed by atoms with Crippen LogP contribution in [0, 0.1) is 0 Å². The second-order valence-corrected chi connectivity index (χ2v) is 4.98. The number of nitrogens with zero attached hydrogens (tertiary/aromatic N) is 1. The molecular weight excluding hydrogens is 276 g/mol. The van der Waals surface area contributed by atoms with Gasteiger partial charge in [-0.1, -0.05) is 40.2 Å². The summed E-state index contributed by atoms with van der Waals surface area (Å²) in [6.07, 6.45) is 5.38. The van der Waals surface area contributed by atoms with Gasteiger partial charge in [-0.25, -0.2) is 0 Å². The molecule has 1 unspecified atom stereocenters. The summed E-state index contributed by atoms with van der Waals surface area (Å²) >= 11 is 3.54. The van der Waals surface area contributed by atoms with E-state index in [1.54, 1.807) is 6.20 Å². The number of aromatic nitrogens is 1. The fourth-order valence-electron chi connectivity index (χ4n) is 1.84. The summed E-state index contributed by atoms with van der Waals surface area (Å²) in [7, 11) is 0. The summed E-state index contributed by atoms with van der Waals surface area (Å²) in [5, 5.41) is 0. The Morgan fingerprint density at radius 2 is 1.94 bits per heavy atom. The highest BCUT2D eigenvalue weighted by Crippen LogP contribution is 2.17. The normalized spacial score (nSPS) is 12.4. The SMILES string of the molecule is NC(Cc1cccnc1)Cc1ccccc1Br. The fourth-order valence-corrected chi connectivity index (χ4v) is 2.29. The van der Waals surface area contributed by atoms with Crippen molar-refractivity contribution in [2.45, 2.75) is 18.9 Å². The number of hydrogen-bond donors (Lipinski definition) is 1. The second kappa shape index (κ2) is 5.94. The lowest BCUT2D eigenvalue weighted by Gasteiger charge is -2.12. The van der Waals surface area contributed by atoms with Gasteiger partial charge in [0.2, 0.25) is 0 Å². The molecule has 0 amide bonds. The van der Waals surface area contributed by atoms with Crippen molar-refractivity contribution in [1.29, 1.82) is 0 Å². The average molecular weight is 291 g/mol. The monoisotopic (exact) mass is 290 g/mol. The Labute approximate surface area is 110 Å². The number of halogens is 1. The standard InChI is InChI=1S/C14H15BrN2/c15-14-6-2-1-5-12(14)9-13(16)8-11-4-3-7-17-10-11/h1-7,10,13H,8-9,16H2. The van der Waals surface area contributed by atoms with E-state index in [9.17, 15) is 0 Å². The minimum Gasteiger partial charge on any atom is -0.327 e. The summed E-state index contributed by atoms with van der Waals surface area (Å²) in [6, 6.07) is 12.3. The third kappa shape index (κ3) is 3.65. The van der Waals surface area contributed by atoms with Crippen LogP contribution in [0.3, 0.4) is 0 Å². The van der Waals surface area contributed by atoms with Gasteiger partial charge in [0.1, 0.15) is 0 Å². The quantitative estimate of drug-likeness (QED) is 0.940. The van der Waals surface area contributed by atoms with Crippen molar-refractivity contribution in [2.24, 2.45) is 5.73 Å². The number of pyridine rings is 1. The van der Waals surface area contributed by atoms with E-state index in [-0.39, 0.29) is 6.04 Å². The van der Waals surface area contributed by atoms with Gasteiger partial charge < -0.3 is 5.73 Å². The molecule has 0 saturated carbocycles. The lowest BCUT2D eigenvalue weighted by molar-refractivity contribution is 0.662. The van der Waals surface area contributed by atoms with E-state index in [0.717, 1.165) is 17.3 Å². The van der Waals surface area contributed by atoms with Gasteiger partial charge in [0.05, 0.1) is 0 Å². The van der Waals surface area contributed by atoms with Crippen molar-refractivity contribution in [2.75, 3.05) is 0 Å². The first kappa shape index (κ1) is 12.3. The van der Waals surface area contributed by atoms with E-state index in [2.05, 4.69) is 33.0 Å². The van der Waals surface area contributed by atoms with Gasteiger partial charge in [0.15, 0.2) is 0 Å². The summed E-state index contributed by atoms with van der Waals surface area (Å²) in [4.78, 5) is 4.10. The van der Waals surface area contributed by atoms with Crippen LogP contribution >= 0.6 is 15.9 Å². The molecular formula is C14H15BrN2. The molecule has 1 atom stereocenters. The molecule has 0 aliphatic rings. The molecule has 2 aromatic rings. The Kier molecular flexibility index (Phi) is 4.29. The van der Waals surface area contributed by atoms with Crippen molar-refractivity contribution < 1.29 is 0 Å². The van der Waals surface area contributed by atoms with Gasteiger partial charge in [-0.15, -0.1) is 0 Å². The van der Waals surface area contributed by atoms with E-state index in [4.69, 9.17) is 5.73 Å². The molecule has 0 bridgehead atoms. The van der Waals surface area contributed by atoms with Crippen molar-refractivity contribution in [1.82, 2.24) is 4.98 Å². The van der Waals surface area contributed by atoms with E-state index in [1.807, 2.05) is 30.5 Å². The largest absolute Gasteiger partial charge is 0.327 e. The van der Waals surface area contributed by atoms with Crippen molar-refractivity contribution in [3.8, 4) is 0 Å². The summed E-state index contributed by atoms with van der Waals surface area (Å²) in [6.45, 7) is 0. The van der Waals surface area contributed by atoms with Gasteiger partial charge in [0.25, 0.3) is 0 Å². The molecule has 0 spiro atoms. The molecule has 88 valence electrons. The molecule has 0 fully saturated rings. The Morgan fingerprint density at radius 1 is 1.12 bits per heavy atom. The Balaban J connectivity index is 1.98. The van der Waals surface area contributed by atoms with Crippen LogP contribution in [-0.2, 0) is 12.8 Å². The van der Waals surface area contributed by atoms with Crippen LogP contribution in [0.4, 0.5) is 0 Å². The van der Waals surface area contributed by atoms with E-state index in [1.165, 1.54) is 11.1 Å². The molecule has 0 saturated heterocycles. The molecule has 0 aliphatic carbocycles. The molecule has 17 heavy (non-hydrogen) atoms. The van der Waals surface area contributed by atoms with Gasteiger partial charge in [-0.05, 0) is 36.1 Å². The topological polar surface area (TPSA) is 38.9 Å². The Hall–Kier alpha value is -1.19. The van der Waals surface area contributed by atoms with Gasteiger partial charge >= 0.3 is 0 Å². The molecule has 2 rings (SSSR count). The van der Waals surface area contributed by atoms with Crippen LogP contribution in [0.1, 0.15) is 11.1 Å². The summed E-state index contributed by atoms with van der Waals surface area (Å²) < 4.78 is 1.13. The van der Waals surface area contributed by atoms with E-state index in [0.29, 0.717) is 0 Å². The lowest BCUT2D eigenvalue weighted by Crippen LogP contribution is -2.25. The average Bonchev–Trinajstić information content (AvgIpc) is 2.33. The highest BCUT2D eigenvalue weighted by atomic mass is 79.9. The number of benzene rings is 1. The highest BCUT2D eigenvalue weighted by molar-refractivity contribution is 9.10. The first-order valence-electron chi connectivity index (χ1n) is 5.63. The minimum absolute atomic E-state index is 0.123. The number of nitrogens with two attached hydrogens (primary N) is 1. The molecule has 1 aromatic carbocycles. The minimum atomic E-state index is 0.123. The molecule has 0 aliphatic heterocycles. The van der Waals surface area contributed by atoms with Crippen LogP contribution < -0.4 is 5.73 Å². The number of hydrogen-bond acceptors (Lipinski definition) is 2. The van der Waals surface area contributed by atoms with Crippen LogP contribution in [0.15, 0.2) is 53.3 Å². The maximum Gasteiger partial charge on any atom is 0.0300 e. The zero-order chi connectivity index (χ0) is 12.1. The van der Waals surface area contributed by atoms with Crippen LogP contribution in [0.2, 0.25) is 0 Å². The number of rotatable bonds is 4. The van der Waals surface area contributed by atoms with E-state index < -0.39 is 0 Å². The lowest BCUT2D eigenvalue weighted by atomic mass is 10.0. The summed E-state index contributed by atoms with van der Waals surface area (Å²) in [5.74, 6) is 0. The highest BCUT2D eigenvalue weighted by Gasteiger charge is 2.07. The van der Waals surface area contributed by atoms with Crippen molar-refractivity contribution in [3.05, 3.63) is 64.4 Å². The Morgan fingerprint density at radius 3 is 2.65 bits per heavy atom. The van der Waals surface area contributed by atoms with Crippen LogP contribution in [0.5, 0.6) is 0 Å². The molecule has 1 aromatic heterocycles. The van der Waals surface area contributed by atoms with Crippen LogP contribution in [0.25, 0.3) is 0 Å². The van der Waals surface area contributed by atoms with Crippen molar-refractivity contribution in [3.63, 3.8) is 0 Å². The second-order valence-electron chi connectivity index (χ2n) is 4.12. The molecule has 0 radical (unpaired) electrons. The van der Waals surface area contributed by atoms with Gasteiger partial charge in [0, 0.05) is 22.9 Å². The molecule has 1 heterocycles. The maximum absolute atomic E-state index is 6.16. The third-order valence-corrected chi connectivity index (χ3v) is 3.43. The predicted molar refractivity (Wildman–Crippen MR) is 73.8 cm³/mol. The maximum atomic E-state index is 6.16. The Bertz CT molecular complexity index is 471. The van der Waals surface area contributed by atoms with Gasteiger partial charge in [-0.3, -0.25) is 4.98 Å². The smallest absolute Gasteiger partial charge is 0.0300 e. The third-order valence-electron chi connectivity index (χ3n) is 2.66. The first-order chi connectivity index (χ1) is 8.25. The molecule has 2 N–H and O–H groups in total. The zero-order valence-electron chi connectivity index (χ0n) is 9.51.